The van der Waals surface area contributed by atoms with Crippen molar-refractivity contribution in [2.75, 3.05) is 6.61 Å². The molecule has 3 rings (SSSR count). The van der Waals surface area contributed by atoms with Crippen molar-refractivity contribution in [1.82, 2.24) is 19.5 Å². The fraction of sp³-hybridized carbons (Fsp3) is 0.500. The molecule has 19 nitrogen and oxygen atoms in total. The Morgan fingerprint density at radius 3 is 2.09 bits per heavy atom. The maximum absolute atomic E-state index is 11.6. The van der Waals surface area contributed by atoms with Gasteiger partial charge in [-0.3, -0.25) is 9.36 Å². The van der Waals surface area contributed by atoms with Gasteiger partial charge in [0, 0.05) is 0 Å². The molecule has 17 N–H and O–H groups in total. The van der Waals surface area contributed by atoms with Crippen molar-refractivity contribution in [2.45, 2.75) is 24.5 Å². The van der Waals surface area contributed by atoms with Crippen molar-refractivity contribution in [2.24, 2.45) is 0 Å². The van der Waals surface area contributed by atoms with Gasteiger partial charge in [-0.2, -0.15) is 0 Å². The number of ether oxygens (including phenoxy) is 1. The average molecular weight is 518 g/mol. The molecule has 0 spiro atoms. The molecule has 1 aliphatic rings. The Labute approximate surface area is 222 Å². The van der Waals surface area contributed by atoms with E-state index in [-0.39, 0.29) is 109 Å². The van der Waals surface area contributed by atoms with Crippen LogP contribution in [0.2, 0.25) is 0 Å². The maximum atomic E-state index is 11.6. The molecule has 182 valence electrons. The molecule has 1 saturated heterocycles. The summed E-state index contributed by atoms with van der Waals surface area (Å²) in [5, 5.41) is 19.9. The van der Waals surface area contributed by atoms with Gasteiger partial charge in [-0.1, -0.05) is 0 Å². The van der Waals surface area contributed by atoms with E-state index in [2.05, 4.69) is 19.5 Å². The smallest absolute Gasteiger partial charge is 0.790 e. The molecule has 1 aliphatic heterocycles. The Kier molecular flexibility index (Phi) is 29.8. The summed E-state index contributed by atoms with van der Waals surface area (Å²) in [4.78, 5) is 42.6. The summed E-state index contributed by atoms with van der Waals surface area (Å²) >= 11 is 0. The van der Waals surface area contributed by atoms with Gasteiger partial charge in [0.15, 0.2) is 17.4 Å². The molecule has 0 radical (unpaired) electrons. The van der Waals surface area contributed by atoms with E-state index in [4.69, 9.17) is 4.74 Å². The first-order valence-corrected chi connectivity index (χ1v) is 7.82. The zero-order valence-corrected chi connectivity index (χ0v) is 21.7. The first-order chi connectivity index (χ1) is 10.8. The molecular weight excluding hydrogens is 493 g/mol. The van der Waals surface area contributed by atoms with Gasteiger partial charge in [-0.25, -0.2) is 9.97 Å². The standard InChI is InChI=1S/C10H13N4O8P.2Na.7H2O/c15-6-4(1-21-23(18,19)20)22-10(7(6)16)14-3-13-5-8(14)11-2-12-9(5)17;;;;;;;;;/h2-4,6-7,10,15-16H,1H2,(H,11,12,17)(H2,18,19,20);;;7*1H2/q;2*+1;;;;;;;/p-2. The Hall–Kier alpha value is 0.0600. The Bertz CT molecular complexity index is 834. The number of hydrogen-bond acceptors (Lipinski definition) is 10. The van der Waals surface area contributed by atoms with Crippen LogP contribution in [-0.2, 0) is 13.8 Å². The predicted molar refractivity (Wildman–Crippen MR) is 92.9 cm³/mol. The fourth-order valence-corrected chi connectivity index (χ4v) is 2.64. The molecule has 22 heteroatoms. The summed E-state index contributed by atoms with van der Waals surface area (Å²) in [5.74, 6) is 0. The molecule has 0 saturated carbocycles. The van der Waals surface area contributed by atoms with Gasteiger partial charge in [0.25, 0.3) is 5.56 Å². The molecule has 2 aromatic rings. The van der Waals surface area contributed by atoms with Crippen molar-refractivity contribution in [3.05, 3.63) is 23.0 Å². The summed E-state index contributed by atoms with van der Waals surface area (Å²) in [6.45, 7) is -0.750. The second-order valence-corrected chi connectivity index (χ2v) is 6.00. The number of phosphoric acid groups is 1. The minimum absolute atomic E-state index is 0. The van der Waals surface area contributed by atoms with Gasteiger partial charge in [0.1, 0.15) is 18.3 Å². The van der Waals surface area contributed by atoms with Gasteiger partial charge in [-0.15, -0.1) is 0 Å². The molecule has 3 heterocycles. The van der Waals surface area contributed by atoms with Crippen LogP contribution in [0.3, 0.4) is 0 Å². The molecule has 0 amide bonds. The zero-order valence-electron chi connectivity index (χ0n) is 16.8. The summed E-state index contributed by atoms with van der Waals surface area (Å²) in [5.41, 5.74) is -0.397. The third-order valence-electron chi connectivity index (χ3n) is 3.37. The number of aliphatic hydroxyl groups excluding tert-OH is 2. The molecule has 1 fully saturated rings. The minimum Gasteiger partial charge on any atom is -0.790 e. The largest absolute Gasteiger partial charge is 1.00 e. The second kappa shape index (κ2) is 19.4. The van der Waals surface area contributed by atoms with Crippen LogP contribution in [0.5, 0.6) is 0 Å². The van der Waals surface area contributed by atoms with E-state index in [0.29, 0.717) is 0 Å². The van der Waals surface area contributed by atoms with Gasteiger partial charge in [0.2, 0.25) is 0 Å². The number of phosphoric ester groups is 1. The number of hydrogen-bond donors (Lipinski definition) is 3. The third-order valence-corrected chi connectivity index (χ3v) is 3.84. The summed E-state index contributed by atoms with van der Waals surface area (Å²) in [6.07, 6.45) is -3.11. The number of fused-ring (bicyclic) bond motifs is 1. The molecule has 4 atom stereocenters. The molecule has 0 aromatic carbocycles. The van der Waals surface area contributed by atoms with E-state index >= 15 is 0 Å². The van der Waals surface area contributed by atoms with Crippen LogP contribution in [0.15, 0.2) is 17.4 Å². The summed E-state index contributed by atoms with van der Waals surface area (Å²) in [6, 6.07) is 0. The molecule has 2 aromatic heterocycles. The average Bonchev–Trinajstić information content (AvgIpc) is 3.01. The van der Waals surface area contributed by atoms with Crippen molar-refractivity contribution in [3.63, 3.8) is 0 Å². The summed E-state index contributed by atoms with van der Waals surface area (Å²) in [7, 11) is -5.24. The van der Waals surface area contributed by atoms with Crippen molar-refractivity contribution in [3.8, 4) is 0 Å². The van der Waals surface area contributed by atoms with Crippen LogP contribution in [0.1, 0.15) is 6.23 Å². The molecular formula is C10H25N4Na2O15P. The number of H-pyrrole nitrogens is 1. The number of imidazole rings is 1. The SMILES string of the molecule is O.O.O.O.O.O.O.O=c1[nH]cnc2c1ncn2C1OC(COP(=O)([O-])[O-])C(O)C1O.[Na+].[Na+]. The van der Waals surface area contributed by atoms with Gasteiger partial charge >= 0.3 is 59.1 Å². The van der Waals surface area contributed by atoms with Crippen LogP contribution in [0.4, 0.5) is 0 Å². The van der Waals surface area contributed by atoms with Gasteiger partial charge in [0.05, 0.1) is 27.1 Å². The van der Waals surface area contributed by atoms with Crippen LogP contribution >= 0.6 is 7.82 Å². The number of rotatable bonds is 4. The molecule has 0 aliphatic carbocycles. The van der Waals surface area contributed by atoms with E-state index in [0.717, 1.165) is 6.33 Å². The van der Waals surface area contributed by atoms with Crippen LogP contribution in [0, 0.1) is 0 Å². The third kappa shape index (κ3) is 10.5. The van der Waals surface area contributed by atoms with Crippen molar-refractivity contribution >= 4 is 19.0 Å². The second-order valence-electron chi connectivity index (χ2n) is 4.84. The predicted octanol–water partition coefficient (Wildman–Crippen LogP) is -15.2. The Morgan fingerprint density at radius 1 is 1.06 bits per heavy atom. The zero-order chi connectivity index (χ0) is 16.8. The molecule has 0 bridgehead atoms. The van der Waals surface area contributed by atoms with Crippen molar-refractivity contribution in [1.29, 1.82) is 0 Å². The van der Waals surface area contributed by atoms with E-state index in [1.807, 2.05) is 0 Å². The monoisotopic (exact) mass is 518 g/mol. The minimum atomic E-state index is -5.24. The van der Waals surface area contributed by atoms with E-state index in [1.54, 1.807) is 0 Å². The van der Waals surface area contributed by atoms with Crippen molar-refractivity contribution < 1.29 is 131 Å². The van der Waals surface area contributed by atoms with E-state index < -0.39 is 44.5 Å². The topological polar surface area (TPSA) is 406 Å². The first-order valence-electron chi connectivity index (χ1n) is 6.36. The number of aromatic amines is 1. The molecule has 4 unspecified atom stereocenters. The van der Waals surface area contributed by atoms with Gasteiger partial charge < -0.3 is 77.1 Å². The van der Waals surface area contributed by atoms with Crippen LogP contribution in [0.25, 0.3) is 11.2 Å². The van der Waals surface area contributed by atoms with Crippen LogP contribution in [-0.4, -0.2) is 93.0 Å². The maximum Gasteiger partial charge on any atom is 1.00 e. The first kappa shape index (κ1) is 49.2. The van der Waals surface area contributed by atoms with E-state index in [1.165, 1.54) is 10.9 Å². The van der Waals surface area contributed by atoms with Gasteiger partial charge in [-0.05, 0) is 0 Å². The number of aromatic nitrogens is 4. The Balaban J connectivity index is -0.000000139. The number of nitrogens with zero attached hydrogens (tertiary/aromatic N) is 3. The quantitative estimate of drug-likeness (QED) is 0.253. The summed E-state index contributed by atoms with van der Waals surface area (Å²) < 4.78 is 21.1. The normalized spacial score (nSPS) is 20.5. The fourth-order valence-electron chi connectivity index (χ4n) is 2.31. The van der Waals surface area contributed by atoms with E-state index in [9.17, 15) is 29.4 Å². The van der Waals surface area contributed by atoms with Crippen LogP contribution < -0.4 is 74.5 Å². The molecule has 32 heavy (non-hydrogen) atoms. The number of aliphatic hydroxyl groups is 2. The number of nitrogens with one attached hydrogen (secondary N) is 1. The Morgan fingerprint density at radius 2 is 1.59 bits per heavy atom.